The average molecular weight is 328 g/mol. The summed E-state index contributed by atoms with van der Waals surface area (Å²) in [5, 5.41) is 34.1. The number of nitrogens with zero attached hydrogens (tertiary/aromatic N) is 2. The summed E-state index contributed by atoms with van der Waals surface area (Å²) in [6.07, 6.45) is 1.16. The van der Waals surface area contributed by atoms with E-state index in [9.17, 15) is 30.1 Å². The van der Waals surface area contributed by atoms with Gasteiger partial charge in [0, 0.05) is 27.8 Å². The van der Waals surface area contributed by atoms with E-state index >= 15 is 0 Å². The molecule has 3 atom stereocenters. The van der Waals surface area contributed by atoms with Crippen molar-refractivity contribution in [3.63, 3.8) is 0 Å². The highest BCUT2D eigenvalue weighted by molar-refractivity contribution is 5.99. The van der Waals surface area contributed by atoms with Crippen molar-refractivity contribution < 1.29 is 19.7 Å². The van der Waals surface area contributed by atoms with Crippen LogP contribution >= 0.6 is 0 Å². The van der Waals surface area contributed by atoms with Crippen molar-refractivity contribution in [1.82, 2.24) is 0 Å². The van der Waals surface area contributed by atoms with Crippen LogP contribution in [-0.4, -0.2) is 37.9 Å². The van der Waals surface area contributed by atoms with E-state index in [4.69, 9.17) is 0 Å². The molecule has 0 bridgehead atoms. The maximum Gasteiger partial charge on any atom is 0.349 e. The van der Waals surface area contributed by atoms with Crippen molar-refractivity contribution in [1.29, 1.82) is 0 Å². The number of aliphatic hydroxyl groups is 1. The van der Waals surface area contributed by atoms with Gasteiger partial charge in [0.2, 0.25) is 0 Å². The largest absolute Gasteiger partial charge is 0.377 e. The molecule has 0 heterocycles. The molecule has 8 nitrogen and oxygen atoms in total. The lowest BCUT2D eigenvalue weighted by atomic mass is 9.59. The van der Waals surface area contributed by atoms with E-state index in [2.05, 4.69) is 0 Å². The van der Waals surface area contributed by atoms with Gasteiger partial charge in [-0.25, -0.2) is 0 Å². The van der Waals surface area contributed by atoms with Gasteiger partial charge >= 0.3 is 11.6 Å². The van der Waals surface area contributed by atoms with Gasteiger partial charge in [-0.1, -0.05) is 41.5 Å². The normalized spacial score (nSPS) is 32.4. The monoisotopic (exact) mass is 328 g/mol. The minimum Gasteiger partial charge on any atom is -0.377 e. The second-order valence-electron chi connectivity index (χ2n) is 8.29. The minimum absolute atomic E-state index is 0.0822. The van der Waals surface area contributed by atoms with Crippen LogP contribution in [0.25, 0.3) is 0 Å². The molecule has 23 heavy (non-hydrogen) atoms. The third-order valence-corrected chi connectivity index (χ3v) is 4.60. The first-order chi connectivity index (χ1) is 10.0. The van der Waals surface area contributed by atoms with E-state index < -0.39 is 43.6 Å². The highest BCUT2D eigenvalue weighted by Gasteiger charge is 2.72. The lowest BCUT2D eigenvalue weighted by Gasteiger charge is -2.45. The summed E-state index contributed by atoms with van der Waals surface area (Å²) in [5.74, 6) is -1.16. The molecule has 1 aliphatic rings. The lowest BCUT2D eigenvalue weighted by Crippen LogP contribution is -2.70. The standard InChI is InChI=1S/C15H24N2O6/c1-12(2,3)9-8-15(19,13(4,5)6)11(18)14(7,17(22)23)10(9)16(20)21/h8,10,19H,1-7H3/t10-,14-,15+/m0/s1. The van der Waals surface area contributed by atoms with E-state index in [1.807, 2.05) is 0 Å². The summed E-state index contributed by atoms with van der Waals surface area (Å²) in [6.45, 7) is 10.6. The minimum atomic E-state index is -2.54. The number of nitro groups is 2. The molecule has 0 amide bonds. The molecule has 0 aliphatic heterocycles. The van der Waals surface area contributed by atoms with Crippen LogP contribution in [-0.2, 0) is 4.79 Å². The fraction of sp³-hybridized carbons (Fsp3) is 0.800. The second-order valence-corrected chi connectivity index (χ2v) is 8.29. The number of ketones is 1. The number of hydrogen-bond acceptors (Lipinski definition) is 6. The molecule has 0 aromatic rings. The SMILES string of the molecule is CC(C)(C)C1=C[C@](O)(C(C)(C)C)C(=O)[C@@](C)([N+](=O)[O-])[C@H]1[N+](=O)[O-]. The first-order valence-electron chi connectivity index (χ1n) is 7.29. The van der Waals surface area contributed by atoms with Gasteiger partial charge in [-0.15, -0.1) is 0 Å². The van der Waals surface area contributed by atoms with Crippen LogP contribution in [0.3, 0.4) is 0 Å². The molecular weight excluding hydrogens is 304 g/mol. The zero-order valence-electron chi connectivity index (χ0n) is 14.5. The lowest BCUT2D eigenvalue weighted by molar-refractivity contribution is -0.631. The van der Waals surface area contributed by atoms with E-state index in [0.29, 0.717) is 0 Å². The van der Waals surface area contributed by atoms with Crippen molar-refractivity contribution in [3.8, 4) is 0 Å². The van der Waals surface area contributed by atoms with Gasteiger partial charge in [-0.3, -0.25) is 25.0 Å². The van der Waals surface area contributed by atoms with Crippen LogP contribution in [0, 0.1) is 31.1 Å². The number of Topliss-reactive ketones (excluding diaryl/α,β-unsaturated/α-hetero) is 1. The van der Waals surface area contributed by atoms with Crippen molar-refractivity contribution >= 4 is 5.78 Å². The molecule has 0 aromatic heterocycles. The molecule has 1 aliphatic carbocycles. The highest BCUT2D eigenvalue weighted by atomic mass is 16.6. The third-order valence-electron chi connectivity index (χ3n) is 4.60. The molecule has 0 unspecified atom stereocenters. The molecular formula is C15H24N2O6. The maximum atomic E-state index is 12.8. The Bertz CT molecular complexity index is 598. The zero-order chi connectivity index (χ0) is 18.6. The van der Waals surface area contributed by atoms with Gasteiger partial charge in [0.15, 0.2) is 5.60 Å². The zero-order valence-corrected chi connectivity index (χ0v) is 14.5. The first-order valence-corrected chi connectivity index (χ1v) is 7.29. The van der Waals surface area contributed by atoms with Crippen LogP contribution in [0.4, 0.5) is 0 Å². The Kier molecular flexibility index (Phi) is 4.25. The molecule has 0 saturated carbocycles. The molecule has 0 aromatic carbocycles. The quantitative estimate of drug-likeness (QED) is 0.469. The van der Waals surface area contributed by atoms with Crippen LogP contribution in [0.15, 0.2) is 11.6 Å². The number of hydrogen-bond donors (Lipinski definition) is 1. The van der Waals surface area contributed by atoms with E-state index in [-0.39, 0.29) is 5.57 Å². The molecule has 0 radical (unpaired) electrons. The summed E-state index contributed by atoms with van der Waals surface area (Å²) >= 11 is 0. The van der Waals surface area contributed by atoms with Crippen LogP contribution < -0.4 is 0 Å². The smallest absolute Gasteiger partial charge is 0.349 e. The Morgan fingerprint density at radius 2 is 1.57 bits per heavy atom. The Morgan fingerprint density at radius 1 is 1.13 bits per heavy atom. The predicted molar refractivity (Wildman–Crippen MR) is 83.1 cm³/mol. The van der Waals surface area contributed by atoms with Gasteiger partial charge in [0.1, 0.15) is 0 Å². The molecule has 130 valence electrons. The van der Waals surface area contributed by atoms with E-state index in [1.165, 1.54) is 0 Å². The summed E-state index contributed by atoms with van der Waals surface area (Å²) in [5.41, 5.74) is -6.50. The fourth-order valence-corrected chi connectivity index (χ4v) is 2.87. The van der Waals surface area contributed by atoms with Crippen molar-refractivity contribution in [2.75, 3.05) is 0 Å². The molecule has 8 heteroatoms. The Balaban J connectivity index is 3.92. The summed E-state index contributed by atoms with van der Waals surface area (Å²) < 4.78 is 0. The summed E-state index contributed by atoms with van der Waals surface area (Å²) in [7, 11) is 0. The van der Waals surface area contributed by atoms with Gasteiger partial charge in [-0.05, 0) is 11.5 Å². The Morgan fingerprint density at radius 3 is 1.83 bits per heavy atom. The van der Waals surface area contributed by atoms with Crippen molar-refractivity contribution in [2.45, 2.75) is 65.6 Å². The van der Waals surface area contributed by atoms with Crippen LogP contribution in [0.1, 0.15) is 48.5 Å². The Hall–Kier alpha value is -1.83. The van der Waals surface area contributed by atoms with Gasteiger partial charge in [-0.2, -0.15) is 0 Å². The second kappa shape index (κ2) is 5.09. The topological polar surface area (TPSA) is 124 Å². The fourth-order valence-electron chi connectivity index (χ4n) is 2.87. The van der Waals surface area contributed by atoms with E-state index in [1.54, 1.807) is 41.5 Å². The highest BCUT2D eigenvalue weighted by Crippen LogP contribution is 2.47. The third kappa shape index (κ3) is 2.65. The molecule has 1 rings (SSSR count). The number of carbonyl (C=O) groups is 1. The summed E-state index contributed by atoms with van der Waals surface area (Å²) in [4.78, 5) is 34.2. The molecule has 0 spiro atoms. The maximum absolute atomic E-state index is 12.8. The van der Waals surface area contributed by atoms with Crippen molar-refractivity contribution in [2.24, 2.45) is 10.8 Å². The summed E-state index contributed by atoms with van der Waals surface area (Å²) in [6, 6.07) is -1.83. The Labute approximate surface area is 134 Å². The predicted octanol–water partition coefficient (Wildman–Crippen LogP) is 2.00. The van der Waals surface area contributed by atoms with Gasteiger partial charge in [0.25, 0.3) is 5.78 Å². The number of carbonyl (C=O) groups excluding carboxylic acids is 1. The molecule has 1 N–H and O–H groups in total. The average Bonchev–Trinajstić information content (AvgIpc) is 2.31. The van der Waals surface area contributed by atoms with Gasteiger partial charge in [0.05, 0.1) is 0 Å². The van der Waals surface area contributed by atoms with Crippen LogP contribution in [0.2, 0.25) is 0 Å². The van der Waals surface area contributed by atoms with Crippen molar-refractivity contribution in [3.05, 3.63) is 31.9 Å². The molecule has 0 saturated heterocycles. The van der Waals surface area contributed by atoms with E-state index in [0.717, 1.165) is 13.0 Å². The van der Waals surface area contributed by atoms with Gasteiger partial charge < -0.3 is 5.11 Å². The van der Waals surface area contributed by atoms with Crippen LogP contribution in [0.5, 0.6) is 0 Å². The number of rotatable bonds is 2. The molecule has 0 fully saturated rings. The first kappa shape index (κ1) is 19.2.